The average Bonchev–Trinajstić information content (AvgIpc) is 3.05. The predicted octanol–water partition coefficient (Wildman–Crippen LogP) is 3.48. The molecule has 30 heavy (non-hydrogen) atoms. The standard InChI is InChI=1S/C19H34N2O6S2Si/c1-13-9-21(18(23)20-17(13)22)16-8-14(25-12-29-28-11-24-5)15(27-16)10-26-30(6,7)19(2,3)4/h9,14-16H,8,10-12H2,1-7H3,(H,20,22,23)/t14?,15-,16-/m1/s1. The maximum Gasteiger partial charge on any atom is 0.330 e. The van der Waals surface area contributed by atoms with Gasteiger partial charge in [-0.25, -0.2) is 4.79 Å². The highest BCUT2D eigenvalue weighted by molar-refractivity contribution is 8.76. The van der Waals surface area contributed by atoms with Crippen LogP contribution < -0.4 is 11.2 Å². The average molecular weight is 479 g/mol. The summed E-state index contributed by atoms with van der Waals surface area (Å²) in [6.45, 7) is 13.0. The Kier molecular flexibility index (Phi) is 9.29. The van der Waals surface area contributed by atoms with E-state index in [1.165, 1.54) is 4.57 Å². The van der Waals surface area contributed by atoms with Crippen molar-refractivity contribution in [3.8, 4) is 0 Å². The van der Waals surface area contributed by atoms with Crippen molar-refractivity contribution in [2.45, 2.75) is 70.7 Å². The van der Waals surface area contributed by atoms with Crippen molar-refractivity contribution < 1.29 is 18.6 Å². The first-order valence-corrected chi connectivity index (χ1v) is 15.3. The van der Waals surface area contributed by atoms with Gasteiger partial charge < -0.3 is 18.6 Å². The monoisotopic (exact) mass is 478 g/mol. The van der Waals surface area contributed by atoms with Crippen molar-refractivity contribution in [3.05, 3.63) is 32.6 Å². The molecule has 0 radical (unpaired) electrons. The van der Waals surface area contributed by atoms with Crippen molar-refractivity contribution in [2.75, 3.05) is 25.6 Å². The number of H-pyrrole nitrogens is 1. The number of hydrogen-bond acceptors (Lipinski definition) is 8. The van der Waals surface area contributed by atoms with Crippen LogP contribution in [0.1, 0.15) is 39.0 Å². The third kappa shape index (κ3) is 6.72. The molecule has 0 amide bonds. The van der Waals surface area contributed by atoms with Crippen LogP contribution >= 0.6 is 21.6 Å². The van der Waals surface area contributed by atoms with Crippen molar-refractivity contribution in [3.63, 3.8) is 0 Å². The smallest absolute Gasteiger partial charge is 0.330 e. The molecule has 1 saturated heterocycles. The lowest BCUT2D eigenvalue weighted by molar-refractivity contribution is -0.0528. The molecule has 0 bridgehead atoms. The lowest BCUT2D eigenvalue weighted by Gasteiger charge is -2.37. The summed E-state index contributed by atoms with van der Waals surface area (Å²) in [5.41, 5.74) is -0.403. The maximum atomic E-state index is 12.3. The van der Waals surface area contributed by atoms with Crippen LogP contribution in [0.5, 0.6) is 0 Å². The molecule has 0 saturated carbocycles. The number of aryl methyl sites for hydroxylation is 1. The first kappa shape index (κ1) is 25.7. The van der Waals surface area contributed by atoms with E-state index in [9.17, 15) is 9.59 Å². The largest absolute Gasteiger partial charge is 0.414 e. The molecule has 1 unspecified atom stereocenters. The van der Waals surface area contributed by atoms with E-state index in [2.05, 4.69) is 38.8 Å². The van der Waals surface area contributed by atoms with Gasteiger partial charge in [0.25, 0.3) is 5.56 Å². The Morgan fingerprint density at radius 3 is 2.57 bits per heavy atom. The topological polar surface area (TPSA) is 91.8 Å². The zero-order chi connectivity index (χ0) is 22.5. The van der Waals surface area contributed by atoms with Gasteiger partial charge in [0.15, 0.2) is 8.32 Å². The van der Waals surface area contributed by atoms with Gasteiger partial charge in [0.05, 0.1) is 12.7 Å². The summed E-state index contributed by atoms with van der Waals surface area (Å²) >= 11 is 0. The fourth-order valence-electron chi connectivity index (χ4n) is 2.73. The fraction of sp³-hybridized carbons (Fsp3) is 0.789. The molecule has 2 heterocycles. The summed E-state index contributed by atoms with van der Waals surface area (Å²) in [6, 6.07) is 0. The number of aromatic nitrogens is 2. The lowest BCUT2D eigenvalue weighted by atomic mass is 10.2. The highest BCUT2D eigenvalue weighted by Crippen LogP contribution is 2.38. The van der Waals surface area contributed by atoms with Gasteiger partial charge in [0.1, 0.15) is 24.2 Å². The number of hydrogen-bond donors (Lipinski definition) is 1. The quantitative estimate of drug-likeness (QED) is 0.236. The van der Waals surface area contributed by atoms with Crippen LogP contribution in [0.25, 0.3) is 0 Å². The molecule has 0 aliphatic carbocycles. The van der Waals surface area contributed by atoms with Crippen LogP contribution in [0.4, 0.5) is 0 Å². The third-order valence-corrected chi connectivity index (χ3v) is 11.9. The summed E-state index contributed by atoms with van der Waals surface area (Å²) in [4.78, 5) is 26.4. The van der Waals surface area contributed by atoms with Gasteiger partial charge in [-0.05, 0) is 25.1 Å². The molecule has 1 aromatic heterocycles. The first-order chi connectivity index (χ1) is 14.0. The van der Waals surface area contributed by atoms with Gasteiger partial charge in [-0.2, -0.15) is 0 Å². The Labute approximate surface area is 186 Å². The second-order valence-electron chi connectivity index (χ2n) is 8.88. The number of ether oxygens (including phenoxy) is 3. The molecule has 0 spiro atoms. The molecular weight excluding hydrogens is 444 g/mol. The first-order valence-electron chi connectivity index (χ1n) is 9.92. The molecule has 2 rings (SSSR count). The van der Waals surface area contributed by atoms with E-state index in [0.717, 1.165) is 0 Å². The SMILES string of the molecule is COCSSCOC1C[C@H](n2cc(C)c(=O)[nH]c2=O)O[C@@H]1CO[Si](C)(C)C(C)(C)C. The Morgan fingerprint density at radius 1 is 1.27 bits per heavy atom. The van der Waals surface area contributed by atoms with Crippen molar-refractivity contribution in [2.24, 2.45) is 0 Å². The van der Waals surface area contributed by atoms with Crippen molar-refractivity contribution in [1.29, 1.82) is 0 Å². The van der Waals surface area contributed by atoms with E-state index < -0.39 is 20.2 Å². The molecule has 1 aromatic rings. The van der Waals surface area contributed by atoms with Crippen molar-refractivity contribution >= 4 is 29.9 Å². The number of methoxy groups -OCH3 is 1. The highest BCUT2D eigenvalue weighted by atomic mass is 33.1. The van der Waals surface area contributed by atoms with Gasteiger partial charge in [0, 0.05) is 25.3 Å². The molecule has 11 heteroatoms. The summed E-state index contributed by atoms with van der Waals surface area (Å²) < 4.78 is 25.1. The zero-order valence-corrected chi connectivity index (χ0v) is 21.5. The number of rotatable bonds is 10. The van der Waals surface area contributed by atoms with E-state index in [1.54, 1.807) is 41.8 Å². The fourth-order valence-corrected chi connectivity index (χ4v) is 5.08. The molecule has 1 aliphatic heterocycles. The van der Waals surface area contributed by atoms with Crippen LogP contribution in [-0.2, 0) is 18.6 Å². The Hall–Kier alpha value is -0.563. The number of nitrogens with zero attached hydrogens (tertiary/aromatic N) is 1. The molecule has 3 atom stereocenters. The molecule has 0 aromatic carbocycles. The predicted molar refractivity (Wildman–Crippen MR) is 125 cm³/mol. The van der Waals surface area contributed by atoms with E-state index in [0.29, 0.717) is 30.5 Å². The number of aromatic amines is 1. The molecular formula is C19H34N2O6S2Si. The minimum absolute atomic E-state index is 0.0843. The Bertz CT molecular complexity index is 807. The van der Waals surface area contributed by atoms with Crippen LogP contribution in [0.3, 0.4) is 0 Å². The zero-order valence-electron chi connectivity index (χ0n) is 18.9. The summed E-state index contributed by atoms with van der Waals surface area (Å²) in [5, 5.41) is 0.0843. The normalized spacial score (nSPS) is 22.6. The third-order valence-electron chi connectivity index (χ3n) is 5.63. The Morgan fingerprint density at radius 2 is 1.93 bits per heavy atom. The van der Waals surface area contributed by atoms with Crippen molar-refractivity contribution in [1.82, 2.24) is 9.55 Å². The second-order valence-corrected chi connectivity index (χ2v) is 16.0. The molecule has 1 fully saturated rings. The van der Waals surface area contributed by atoms with Gasteiger partial charge in [0.2, 0.25) is 0 Å². The molecule has 172 valence electrons. The van der Waals surface area contributed by atoms with Crippen LogP contribution in [-0.4, -0.2) is 55.7 Å². The van der Waals surface area contributed by atoms with E-state index >= 15 is 0 Å². The van der Waals surface area contributed by atoms with Gasteiger partial charge in [-0.15, -0.1) is 0 Å². The summed E-state index contributed by atoms with van der Waals surface area (Å²) in [7, 11) is 2.83. The molecule has 1 aliphatic rings. The van der Waals surface area contributed by atoms with E-state index in [4.69, 9.17) is 18.6 Å². The van der Waals surface area contributed by atoms with Gasteiger partial charge >= 0.3 is 5.69 Å². The van der Waals surface area contributed by atoms with Gasteiger partial charge in [-0.1, -0.05) is 42.4 Å². The van der Waals surface area contributed by atoms with E-state index in [1.807, 2.05) is 0 Å². The maximum absolute atomic E-state index is 12.3. The summed E-state index contributed by atoms with van der Waals surface area (Å²) in [6.07, 6.45) is 1.03. The van der Waals surface area contributed by atoms with E-state index in [-0.39, 0.29) is 22.8 Å². The van der Waals surface area contributed by atoms with Crippen LogP contribution in [0, 0.1) is 6.92 Å². The van der Waals surface area contributed by atoms with Gasteiger partial charge in [-0.3, -0.25) is 14.3 Å². The van der Waals surface area contributed by atoms with Crippen LogP contribution in [0.2, 0.25) is 18.1 Å². The number of nitrogens with one attached hydrogen (secondary N) is 1. The lowest BCUT2D eigenvalue weighted by Crippen LogP contribution is -2.44. The Balaban J connectivity index is 2.12. The minimum Gasteiger partial charge on any atom is -0.414 e. The molecule has 1 N–H and O–H groups in total. The molecule has 8 nitrogen and oxygen atoms in total. The van der Waals surface area contributed by atoms with Crippen LogP contribution in [0.15, 0.2) is 15.8 Å². The second kappa shape index (κ2) is 10.8. The highest BCUT2D eigenvalue weighted by Gasteiger charge is 2.42. The minimum atomic E-state index is -1.96. The summed E-state index contributed by atoms with van der Waals surface area (Å²) in [5.74, 6) is 1.06.